The number of nitrogens with two attached hydrogens (primary N) is 1. The minimum Gasteiger partial charge on any atom is -0.389 e. The minimum absolute atomic E-state index is 0.0229. The molecule has 4 unspecified atom stereocenters. The molecular formula is C16H31NO. The van der Waals surface area contributed by atoms with Crippen LogP contribution in [0.5, 0.6) is 0 Å². The maximum Gasteiger partial charge on any atom is 0.0716 e. The molecule has 0 aliphatic heterocycles. The van der Waals surface area contributed by atoms with E-state index in [2.05, 4.69) is 13.8 Å². The molecule has 3 N–H and O–H groups in total. The summed E-state index contributed by atoms with van der Waals surface area (Å²) in [4.78, 5) is 0. The van der Waals surface area contributed by atoms with E-state index >= 15 is 0 Å². The van der Waals surface area contributed by atoms with Crippen molar-refractivity contribution in [1.29, 1.82) is 0 Å². The van der Waals surface area contributed by atoms with Crippen molar-refractivity contribution in [2.24, 2.45) is 23.0 Å². The van der Waals surface area contributed by atoms with Crippen LogP contribution in [0.3, 0.4) is 0 Å². The largest absolute Gasteiger partial charge is 0.389 e. The van der Waals surface area contributed by atoms with Crippen LogP contribution < -0.4 is 5.73 Å². The van der Waals surface area contributed by atoms with Crippen molar-refractivity contribution in [3.05, 3.63) is 0 Å². The van der Waals surface area contributed by atoms with Crippen LogP contribution in [-0.4, -0.2) is 17.3 Å². The highest BCUT2D eigenvalue weighted by Gasteiger charge is 2.52. The molecule has 0 bridgehead atoms. The maximum atomic E-state index is 11.3. The standard InChI is InChI=1S/C16H31NO/c1-3-14-5-4-8-16(18,10-7-14)15(12-17)9-6-13(2)11-15/h13-14,18H,3-12,17H2,1-2H3. The van der Waals surface area contributed by atoms with Gasteiger partial charge in [0.25, 0.3) is 0 Å². The fraction of sp³-hybridized carbons (Fsp3) is 1.00. The predicted molar refractivity (Wildman–Crippen MR) is 76.3 cm³/mol. The first-order valence-electron chi connectivity index (χ1n) is 7.98. The molecule has 2 saturated carbocycles. The van der Waals surface area contributed by atoms with Gasteiger partial charge in [0.2, 0.25) is 0 Å². The molecule has 0 spiro atoms. The average molecular weight is 253 g/mol. The normalized spacial score (nSPS) is 46.0. The van der Waals surface area contributed by atoms with Crippen LogP contribution >= 0.6 is 0 Å². The summed E-state index contributed by atoms with van der Waals surface area (Å²) in [5, 5.41) is 11.3. The lowest BCUT2D eigenvalue weighted by atomic mass is 9.66. The van der Waals surface area contributed by atoms with Crippen molar-refractivity contribution in [3.8, 4) is 0 Å². The highest BCUT2D eigenvalue weighted by Crippen LogP contribution is 2.53. The fourth-order valence-corrected chi connectivity index (χ4v) is 4.53. The van der Waals surface area contributed by atoms with Crippen molar-refractivity contribution >= 4 is 0 Å². The Bertz CT molecular complexity index is 280. The number of aliphatic hydroxyl groups is 1. The Balaban J connectivity index is 2.13. The van der Waals surface area contributed by atoms with Gasteiger partial charge < -0.3 is 10.8 Å². The van der Waals surface area contributed by atoms with Crippen LogP contribution in [-0.2, 0) is 0 Å². The van der Waals surface area contributed by atoms with Crippen LogP contribution in [0.15, 0.2) is 0 Å². The summed E-state index contributed by atoms with van der Waals surface area (Å²) >= 11 is 0. The molecule has 0 saturated heterocycles. The summed E-state index contributed by atoms with van der Waals surface area (Å²) in [6, 6.07) is 0. The monoisotopic (exact) mass is 253 g/mol. The van der Waals surface area contributed by atoms with Gasteiger partial charge in [0.05, 0.1) is 5.60 Å². The van der Waals surface area contributed by atoms with E-state index in [1.54, 1.807) is 0 Å². The fourth-order valence-electron chi connectivity index (χ4n) is 4.53. The Morgan fingerprint density at radius 3 is 2.50 bits per heavy atom. The van der Waals surface area contributed by atoms with Crippen molar-refractivity contribution in [2.75, 3.05) is 6.54 Å². The highest BCUT2D eigenvalue weighted by atomic mass is 16.3. The van der Waals surface area contributed by atoms with Crippen LogP contribution in [0.1, 0.15) is 71.6 Å². The quantitative estimate of drug-likeness (QED) is 0.757. The Labute approximate surface area is 112 Å². The van der Waals surface area contributed by atoms with Crippen molar-refractivity contribution in [1.82, 2.24) is 0 Å². The van der Waals surface area contributed by atoms with Gasteiger partial charge in [-0.1, -0.05) is 39.5 Å². The zero-order valence-corrected chi connectivity index (χ0v) is 12.3. The van der Waals surface area contributed by atoms with Crippen LogP contribution in [0.25, 0.3) is 0 Å². The molecule has 2 heteroatoms. The van der Waals surface area contributed by atoms with Gasteiger partial charge >= 0.3 is 0 Å². The van der Waals surface area contributed by atoms with Crippen LogP contribution in [0.2, 0.25) is 0 Å². The zero-order chi connectivity index (χ0) is 13.2. The van der Waals surface area contributed by atoms with Crippen LogP contribution in [0, 0.1) is 17.3 Å². The Morgan fingerprint density at radius 1 is 1.17 bits per heavy atom. The first kappa shape index (κ1) is 14.3. The lowest BCUT2D eigenvalue weighted by molar-refractivity contribution is -0.0914. The topological polar surface area (TPSA) is 46.2 Å². The molecule has 0 aromatic heterocycles. The van der Waals surface area contributed by atoms with E-state index in [1.807, 2.05) is 0 Å². The third-order valence-corrected chi connectivity index (χ3v) is 5.98. The maximum absolute atomic E-state index is 11.3. The van der Waals surface area contributed by atoms with Gasteiger partial charge in [0, 0.05) is 12.0 Å². The van der Waals surface area contributed by atoms with E-state index in [-0.39, 0.29) is 5.41 Å². The van der Waals surface area contributed by atoms with Gasteiger partial charge in [0.1, 0.15) is 0 Å². The summed E-state index contributed by atoms with van der Waals surface area (Å²) in [6.07, 6.45) is 10.4. The lowest BCUT2D eigenvalue weighted by Gasteiger charge is -2.45. The molecule has 2 aliphatic rings. The molecule has 2 aliphatic carbocycles. The summed E-state index contributed by atoms with van der Waals surface area (Å²) in [5.74, 6) is 1.57. The minimum atomic E-state index is -0.476. The number of hydrogen-bond donors (Lipinski definition) is 2. The molecule has 0 heterocycles. The molecule has 2 nitrogen and oxygen atoms in total. The van der Waals surface area contributed by atoms with Crippen molar-refractivity contribution in [2.45, 2.75) is 77.2 Å². The van der Waals surface area contributed by atoms with E-state index in [0.717, 1.165) is 37.5 Å². The molecule has 2 rings (SSSR count). The Hall–Kier alpha value is -0.0800. The molecule has 0 radical (unpaired) electrons. The molecule has 106 valence electrons. The average Bonchev–Trinajstić information content (AvgIpc) is 2.65. The lowest BCUT2D eigenvalue weighted by Crippen LogP contribution is -2.51. The van der Waals surface area contributed by atoms with Gasteiger partial charge in [0.15, 0.2) is 0 Å². The first-order chi connectivity index (χ1) is 8.55. The zero-order valence-electron chi connectivity index (χ0n) is 12.3. The Kier molecular flexibility index (Phi) is 4.38. The third-order valence-electron chi connectivity index (χ3n) is 5.98. The molecule has 0 amide bonds. The predicted octanol–water partition coefficient (Wildman–Crippen LogP) is 3.47. The number of hydrogen-bond acceptors (Lipinski definition) is 2. The van der Waals surface area contributed by atoms with Gasteiger partial charge in [-0.05, 0) is 43.9 Å². The number of rotatable bonds is 3. The van der Waals surface area contributed by atoms with E-state index < -0.39 is 5.60 Å². The smallest absolute Gasteiger partial charge is 0.0716 e. The molecular weight excluding hydrogens is 222 g/mol. The van der Waals surface area contributed by atoms with E-state index in [4.69, 9.17) is 5.73 Å². The summed E-state index contributed by atoms with van der Waals surface area (Å²) in [7, 11) is 0. The SMILES string of the molecule is CCC1CCCC(O)(C2(CN)CCC(C)C2)CC1. The second kappa shape index (κ2) is 5.50. The second-order valence-electron chi connectivity index (χ2n) is 7.07. The van der Waals surface area contributed by atoms with Crippen LogP contribution in [0.4, 0.5) is 0 Å². The van der Waals surface area contributed by atoms with E-state index in [9.17, 15) is 5.11 Å². The van der Waals surface area contributed by atoms with E-state index in [1.165, 1.54) is 32.1 Å². The second-order valence-corrected chi connectivity index (χ2v) is 7.07. The van der Waals surface area contributed by atoms with Gasteiger partial charge in [-0.25, -0.2) is 0 Å². The first-order valence-corrected chi connectivity index (χ1v) is 7.98. The molecule has 18 heavy (non-hydrogen) atoms. The van der Waals surface area contributed by atoms with E-state index in [0.29, 0.717) is 6.54 Å². The van der Waals surface area contributed by atoms with Gasteiger partial charge in [-0.15, -0.1) is 0 Å². The molecule has 0 aromatic carbocycles. The third kappa shape index (κ3) is 2.46. The van der Waals surface area contributed by atoms with Gasteiger partial charge in [-0.2, -0.15) is 0 Å². The molecule has 0 aromatic rings. The Morgan fingerprint density at radius 2 is 1.94 bits per heavy atom. The van der Waals surface area contributed by atoms with Crippen molar-refractivity contribution in [3.63, 3.8) is 0 Å². The van der Waals surface area contributed by atoms with Gasteiger partial charge in [-0.3, -0.25) is 0 Å². The summed E-state index contributed by atoms with van der Waals surface area (Å²) in [5.41, 5.74) is 5.65. The molecule has 2 fully saturated rings. The molecule has 4 atom stereocenters. The summed E-state index contributed by atoms with van der Waals surface area (Å²) in [6.45, 7) is 5.27. The van der Waals surface area contributed by atoms with Crippen molar-refractivity contribution < 1.29 is 5.11 Å². The highest BCUT2D eigenvalue weighted by molar-refractivity contribution is 5.04. The summed E-state index contributed by atoms with van der Waals surface area (Å²) < 4.78 is 0.